The molecule has 2 N–H and O–H groups in total. The Labute approximate surface area is 145 Å². The van der Waals surface area contributed by atoms with Gasteiger partial charge in [0, 0.05) is 41.9 Å². The monoisotopic (exact) mass is 350 g/mol. The highest BCUT2D eigenvalue weighted by molar-refractivity contribution is 7.21. The lowest BCUT2D eigenvalue weighted by Gasteiger charge is -2.42. The number of amides is 1. The number of methoxy groups -OCH3 is 1. The number of ether oxygens (including phenoxy) is 1. The molecule has 1 aromatic carbocycles. The lowest BCUT2D eigenvalue weighted by Crippen LogP contribution is -2.54. The summed E-state index contributed by atoms with van der Waals surface area (Å²) >= 11 is 1.34. The molecule has 1 aromatic heterocycles. The van der Waals surface area contributed by atoms with Crippen molar-refractivity contribution in [2.45, 2.75) is 32.9 Å². The van der Waals surface area contributed by atoms with Crippen molar-refractivity contribution in [1.82, 2.24) is 4.90 Å². The topological polar surface area (TPSA) is 55.6 Å². The minimum absolute atomic E-state index is 0.0531. The number of benzene rings is 1. The van der Waals surface area contributed by atoms with Crippen LogP contribution in [0, 0.1) is 11.2 Å². The standard InChI is InChI=1S/C18H23FN2O2S/c1-18(2)10-21(8-7-14(18)20)17(22)16-11(9-23-3)15-12(19)5-4-6-13(15)24-16/h4-6,14H,7-10,20H2,1-3H3. The number of likely N-dealkylation sites (tertiary alicyclic amines) is 1. The number of carbonyl (C=O) groups is 1. The van der Waals surface area contributed by atoms with Crippen LogP contribution in [0.2, 0.25) is 0 Å². The summed E-state index contributed by atoms with van der Waals surface area (Å²) < 4.78 is 20.3. The second kappa shape index (κ2) is 6.43. The van der Waals surface area contributed by atoms with Crippen molar-refractivity contribution < 1.29 is 13.9 Å². The molecule has 4 nitrogen and oxygen atoms in total. The van der Waals surface area contributed by atoms with Crippen molar-refractivity contribution in [2.24, 2.45) is 11.1 Å². The van der Waals surface area contributed by atoms with E-state index in [4.69, 9.17) is 10.5 Å². The fraction of sp³-hybridized carbons (Fsp3) is 0.500. The number of nitrogens with zero attached hydrogens (tertiary/aromatic N) is 1. The van der Waals surface area contributed by atoms with E-state index in [1.165, 1.54) is 17.4 Å². The maximum atomic E-state index is 14.3. The summed E-state index contributed by atoms with van der Waals surface area (Å²) in [6.45, 7) is 5.62. The first-order valence-corrected chi connectivity index (χ1v) is 8.90. The molecule has 1 aliphatic rings. The SMILES string of the molecule is COCc1c(C(=O)N2CCC(N)C(C)(C)C2)sc2cccc(F)c12. The number of piperidine rings is 1. The van der Waals surface area contributed by atoms with Crippen LogP contribution in [0.15, 0.2) is 18.2 Å². The zero-order chi connectivity index (χ0) is 17.5. The van der Waals surface area contributed by atoms with Crippen LogP contribution in [0.1, 0.15) is 35.5 Å². The summed E-state index contributed by atoms with van der Waals surface area (Å²) in [4.78, 5) is 15.5. The second-order valence-electron chi connectivity index (χ2n) is 7.07. The van der Waals surface area contributed by atoms with Crippen molar-refractivity contribution in [3.63, 3.8) is 0 Å². The Morgan fingerprint density at radius 1 is 1.50 bits per heavy atom. The molecule has 0 bridgehead atoms. The van der Waals surface area contributed by atoms with Crippen LogP contribution in [0.3, 0.4) is 0 Å². The van der Waals surface area contributed by atoms with Gasteiger partial charge in [-0.2, -0.15) is 0 Å². The molecular formula is C18H23FN2O2S. The molecule has 0 aliphatic carbocycles. The summed E-state index contributed by atoms with van der Waals surface area (Å²) in [6.07, 6.45) is 0.775. The summed E-state index contributed by atoms with van der Waals surface area (Å²) in [5, 5.41) is 0.501. The van der Waals surface area contributed by atoms with Crippen molar-refractivity contribution >= 4 is 27.3 Å². The van der Waals surface area contributed by atoms with E-state index in [-0.39, 0.29) is 29.8 Å². The van der Waals surface area contributed by atoms with Gasteiger partial charge in [0.2, 0.25) is 0 Å². The summed E-state index contributed by atoms with van der Waals surface area (Å²) in [7, 11) is 1.56. The Balaban J connectivity index is 2.01. The molecule has 0 radical (unpaired) electrons. The molecule has 1 aliphatic heterocycles. The quantitative estimate of drug-likeness (QED) is 0.923. The number of rotatable bonds is 3. The van der Waals surface area contributed by atoms with E-state index in [0.717, 1.165) is 11.1 Å². The third kappa shape index (κ3) is 2.94. The average Bonchev–Trinajstić information content (AvgIpc) is 2.90. The van der Waals surface area contributed by atoms with Gasteiger partial charge in [0.1, 0.15) is 5.82 Å². The van der Waals surface area contributed by atoms with Gasteiger partial charge in [-0.3, -0.25) is 4.79 Å². The third-order valence-electron chi connectivity index (χ3n) is 4.85. The largest absolute Gasteiger partial charge is 0.380 e. The van der Waals surface area contributed by atoms with Crippen LogP contribution >= 0.6 is 11.3 Å². The first-order valence-electron chi connectivity index (χ1n) is 8.09. The fourth-order valence-electron chi connectivity index (χ4n) is 3.31. The molecule has 0 saturated carbocycles. The van der Waals surface area contributed by atoms with Gasteiger partial charge in [0.15, 0.2) is 0 Å². The molecule has 130 valence electrons. The normalized spacial score (nSPS) is 20.5. The van der Waals surface area contributed by atoms with Gasteiger partial charge in [-0.1, -0.05) is 19.9 Å². The maximum Gasteiger partial charge on any atom is 0.264 e. The lowest BCUT2D eigenvalue weighted by atomic mass is 9.79. The molecule has 1 unspecified atom stereocenters. The minimum atomic E-state index is -0.309. The Bertz CT molecular complexity index is 772. The van der Waals surface area contributed by atoms with Gasteiger partial charge in [-0.25, -0.2) is 4.39 Å². The van der Waals surface area contributed by atoms with E-state index in [1.54, 1.807) is 13.2 Å². The number of halogens is 1. The summed E-state index contributed by atoms with van der Waals surface area (Å²) in [5.41, 5.74) is 6.69. The molecule has 1 fully saturated rings. The molecule has 1 amide bonds. The molecule has 3 rings (SSSR count). The fourth-order valence-corrected chi connectivity index (χ4v) is 4.50. The zero-order valence-corrected chi connectivity index (χ0v) is 15.1. The highest BCUT2D eigenvalue weighted by Crippen LogP contribution is 2.36. The lowest BCUT2D eigenvalue weighted by molar-refractivity contribution is 0.0534. The van der Waals surface area contributed by atoms with Crippen LogP contribution < -0.4 is 5.73 Å². The van der Waals surface area contributed by atoms with Crippen LogP contribution in [0.25, 0.3) is 10.1 Å². The number of hydrogen-bond acceptors (Lipinski definition) is 4. The minimum Gasteiger partial charge on any atom is -0.380 e. The Morgan fingerprint density at radius 3 is 2.92 bits per heavy atom. The Hall–Kier alpha value is -1.50. The molecule has 1 saturated heterocycles. The molecule has 0 spiro atoms. The van der Waals surface area contributed by atoms with E-state index < -0.39 is 0 Å². The predicted molar refractivity (Wildman–Crippen MR) is 94.8 cm³/mol. The van der Waals surface area contributed by atoms with Gasteiger partial charge < -0.3 is 15.4 Å². The van der Waals surface area contributed by atoms with Crippen LogP contribution in [0.4, 0.5) is 4.39 Å². The smallest absolute Gasteiger partial charge is 0.264 e. The van der Waals surface area contributed by atoms with E-state index in [1.807, 2.05) is 11.0 Å². The average molecular weight is 350 g/mol. The van der Waals surface area contributed by atoms with Crippen LogP contribution in [-0.4, -0.2) is 37.0 Å². The molecular weight excluding hydrogens is 327 g/mol. The number of hydrogen-bond donors (Lipinski definition) is 1. The van der Waals surface area contributed by atoms with Gasteiger partial charge in [0.05, 0.1) is 11.5 Å². The maximum absolute atomic E-state index is 14.3. The van der Waals surface area contributed by atoms with Crippen molar-refractivity contribution in [3.8, 4) is 0 Å². The van der Waals surface area contributed by atoms with Crippen molar-refractivity contribution in [1.29, 1.82) is 0 Å². The second-order valence-corrected chi connectivity index (χ2v) is 8.12. The summed E-state index contributed by atoms with van der Waals surface area (Å²) in [6, 6.07) is 5.02. The first-order chi connectivity index (χ1) is 11.3. The van der Waals surface area contributed by atoms with Crippen molar-refractivity contribution in [3.05, 3.63) is 34.5 Å². The molecule has 1 atom stereocenters. The molecule has 6 heteroatoms. The van der Waals surface area contributed by atoms with E-state index in [2.05, 4.69) is 13.8 Å². The number of nitrogens with two attached hydrogens (primary N) is 1. The van der Waals surface area contributed by atoms with E-state index >= 15 is 0 Å². The number of thiophene rings is 1. The van der Waals surface area contributed by atoms with E-state index in [9.17, 15) is 9.18 Å². The van der Waals surface area contributed by atoms with Gasteiger partial charge in [-0.05, 0) is 24.0 Å². The van der Waals surface area contributed by atoms with Gasteiger partial charge in [-0.15, -0.1) is 11.3 Å². The van der Waals surface area contributed by atoms with Crippen LogP contribution in [0.5, 0.6) is 0 Å². The number of fused-ring (bicyclic) bond motifs is 1. The zero-order valence-electron chi connectivity index (χ0n) is 14.3. The Morgan fingerprint density at radius 2 is 2.25 bits per heavy atom. The molecule has 2 aromatic rings. The third-order valence-corrected chi connectivity index (χ3v) is 6.03. The first kappa shape index (κ1) is 17.3. The Kier molecular flexibility index (Phi) is 4.64. The highest BCUT2D eigenvalue weighted by Gasteiger charge is 2.36. The van der Waals surface area contributed by atoms with Gasteiger partial charge in [0.25, 0.3) is 5.91 Å². The predicted octanol–water partition coefficient (Wildman–Crippen LogP) is 3.39. The van der Waals surface area contributed by atoms with E-state index in [0.29, 0.717) is 28.9 Å². The number of carbonyl (C=O) groups excluding carboxylic acids is 1. The van der Waals surface area contributed by atoms with Crippen molar-refractivity contribution in [2.75, 3.05) is 20.2 Å². The summed E-state index contributed by atoms with van der Waals surface area (Å²) in [5.74, 6) is -0.363. The molecule has 2 heterocycles. The van der Waals surface area contributed by atoms with Crippen LogP contribution in [-0.2, 0) is 11.3 Å². The highest BCUT2D eigenvalue weighted by atomic mass is 32.1. The van der Waals surface area contributed by atoms with Gasteiger partial charge >= 0.3 is 0 Å². The molecule has 24 heavy (non-hydrogen) atoms.